The van der Waals surface area contributed by atoms with Crippen LogP contribution in [0.4, 0.5) is 0 Å². The summed E-state index contributed by atoms with van der Waals surface area (Å²) >= 11 is 0. The van der Waals surface area contributed by atoms with E-state index in [0.717, 1.165) is 89.4 Å². The van der Waals surface area contributed by atoms with Crippen LogP contribution in [0.15, 0.2) is 48.8 Å². The van der Waals surface area contributed by atoms with Gasteiger partial charge in [0.2, 0.25) is 11.8 Å². The zero-order chi connectivity index (χ0) is 26.7. The van der Waals surface area contributed by atoms with E-state index < -0.39 is 0 Å². The maximum absolute atomic E-state index is 12.5. The van der Waals surface area contributed by atoms with Gasteiger partial charge >= 0.3 is 0 Å². The van der Waals surface area contributed by atoms with Crippen molar-refractivity contribution in [2.75, 3.05) is 78.5 Å². The molecule has 0 aromatic carbocycles. The number of nitrogens with zero attached hydrogens (tertiary/aromatic N) is 4. The highest BCUT2D eigenvalue weighted by Gasteiger charge is 2.13. The maximum Gasteiger partial charge on any atom is 0.234 e. The summed E-state index contributed by atoms with van der Waals surface area (Å²) in [5.74, 6) is 0.118. The lowest BCUT2D eigenvalue weighted by Crippen LogP contribution is -2.44. The summed E-state index contributed by atoms with van der Waals surface area (Å²) in [5, 5.41) is 13.1. The highest BCUT2D eigenvalue weighted by Crippen LogP contribution is 1.97. The molecule has 208 valence electrons. The van der Waals surface area contributed by atoms with E-state index in [1.165, 1.54) is 0 Å². The third-order valence-electron chi connectivity index (χ3n) is 6.46. The Morgan fingerprint density at radius 2 is 1.16 bits per heavy atom. The molecule has 0 aliphatic carbocycles. The smallest absolute Gasteiger partial charge is 0.234 e. The summed E-state index contributed by atoms with van der Waals surface area (Å²) < 4.78 is 0. The van der Waals surface area contributed by atoms with E-state index in [2.05, 4.69) is 41.0 Å². The van der Waals surface area contributed by atoms with Crippen LogP contribution in [-0.2, 0) is 22.4 Å². The number of nitrogens with one attached hydrogen (secondary N) is 4. The first-order valence-corrected chi connectivity index (χ1v) is 13.9. The van der Waals surface area contributed by atoms with Gasteiger partial charge in [-0.05, 0) is 63.3 Å². The van der Waals surface area contributed by atoms with Crippen molar-refractivity contribution in [1.29, 1.82) is 0 Å². The van der Waals surface area contributed by atoms with Gasteiger partial charge in [-0.1, -0.05) is 12.1 Å². The molecule has 0 radical (unpaired) electrons. The van der Waals surface area contributed by atoms with Crippen LogP contribution in [0.5, 0.6) is 0 Å². The summed E-state index contributed by atoms with van der Waals surface area (Å²) in [4.78, 5) is 38.0. The van der Waals surface area contributed by atoms with Crippen LogP contribution in [0.1, 0.15) is 24.2 Å². The number of rotatable bonds is 10. The normalized spacial score (nSPS) is 16.8. The topological polar surface area (TPSA) is 115 Å². The van der Waals surface area contributed by atoms with Gasteiger partial charge in [0.15, 0.2) is 0 Å². The zero-order valence-corrected chi connectivity index (χ0v) is 22.5. The van der Waals surface area contributed by atoms with Crippen LogP contribution in [0.2, 0.25) is 0 Å². The first kappa shape index (κ1) is 29.6. The first-order chi connectivity index (χ1) is 18.7. The minimum atomic E-state index is 0.0592. The average Bonchev–Trinajstić information content (AvgIpc) is 2.93. The summed E-state index contributed by atoms with van der Waals surface area (Å²) in [5.41, 5.74) is 1.97. The van der Waals surface area contributed by atoms with Crippen LogP contribution < -0.4 is 21.3 Å². The van der Waals surface area contributed by atoms with Crippen molar-refractivity contribution >= 4 is 11.8 Å². The fourth-order valence-corrected chi connectivity index (χ4v) is 4.39. The number of aromatic nitrogens is 2. The lowest BCUT2D eigenvalue weighted by atomic mass is 10.2. The second-order valence-electron chi connectivity index (χ2n) is 9.60. The standard InChI is InChI=1S/C28H44N8O2/c37-27(33-15-9-25-7-1-3-13-31-25)23-35-19-5-11-30-18-22-36(20-6-12-29-17-21-35)24-28(38)34-16-10-26-8-2-4-14-32-26/h1-4,7-8,13-14,29-30H,5-6,9-12,15-24H2,(H,33,37)(H,34,38). The van der Waals surface area contributed by atoms with Crippen LogP contribution in [0.3, 0.4) is 0 Å². The van der Waals surface area contributed by atoms with Crippen LogP contribution in [-0.4, -0.2) is 110 Å². The molecular weight excluding hydrogens is 480 g/mol. The SMILES string of the molecule is O=C(CN1CCCNCCN(CC(=O)NCCc2ccccn2)CCCNCC1)NCCc1ccccn1. The van der Waals surface area contributed by atoms with Crippen LogP contribution in [0, 0.1) is 0 Å². The van der Waals surface area contributed by atoms with E-state index in [9.17, 15) is 9.59 Å². The van der Waals surface area contributed by atoms with Crippen molar-refractivity contribution in [3.8, 4) is 0 Å². The van der Waals surface area contributed by atoms with Crippen molar-refractivity contribution in [3.63, 3.8) is 0 Å². The van der Waals surface area contributed by atoms with E-state index >= 15 is 0 Å². The molecule has 2 aromatic heterocycles. The second kappa shape index (κ2) is 18.4. The molecule has 2 amide bonds. The number of hydrogen-bond donors (Lipinski definition) is 4. The molecule has 10 nitrogen and oxygen atoms in total. The Bertz CT molecular complexity index is 824. The summed E-state index contributed by atoms with van der Waals surface area (Å²) in [7, 11) is 0. The van der Waals surface area contributed by atoms with Crippen molar-refractivity contribution in [2.45, 2.75) is 25.7 Å². The predicted octanol–water partition coefficient (Wildman–Crippen LogP) is 0.0712. The zero-order valence-electron chi connectivity index (χ0n) is 22.5. The minimum Gasteiger partial charge on any atom is -0.355 e. The van der Waals surface area contributed by atoms with Crippen LogP contribution >= 0.6 is 0 Å². The molecule has 3 heterocycles. The number of carbonyl (C=O) groups excluding carboxylic acids is 2. The van der Waals surface area contributed by atoms with Gasteiger partial charge in [-0.15, -0.1) is 0 Å². The molecule has 1 fully saturated rings. The van der Waals surface area contributed by atoms with E-state index in [1.807, 2.05) is 36.4 Å². The number of amides is 2. The molecule has 4 N–H and O–H groups in total. The Kier molecular flexibility index (Phi) is 14.3. The quantitative estimate of drug-likeness (QED) is 0.345. The molecule has 0 bridgehead atoms. The molecule has 0 saturated carbocycles. The molecule has 1 aliphatic rings. The van der Waals surface area contributed by atoms with Gasteiger partial charge in [0.1, 0.15) is 0 Å². The Morgan fingerprint density at radius 1 is 0.684 bits per heavy atom. The summed E-state index contributed by atoms with van der Waals surface area (Å²) in [6.45, 7) is 8.85. The highest BCUT2D eigenvalue weighted by molar-refractivity contribution is 5.78. The summed E-state index contributed by atoms with van der Waals surface area (Å²) in [6.07, 6.45) is 6.97. The Hall–Kier alpha value is -2.92. The second-order valence-corrected chi connectivity index (χ2v) is 9.60. The van der Waals surface area contributed by atoms with E-state index in [0.29, 0.717) is 26.2 Å². The molecule has 10 heteroatoms. The first-order valence-electron chi connectivity index (χ1n) is 13.9. The Balaban J connectivity index is 1.32. The average molecular weight is 525 g/mol. The third-order valence-corrected chi connectivity index (χ3v) is 6.46. The minimum absolute atomic E-state index is 0.0592. The predicted molar refractivity (Wildman–Crippen MR) is 150 cm³/mol. The van der Waals surface area contributed by atoms with Crippen molar-refractivity contribution < 1.29 is 9.59 Å². The third kappa shape index (κ3) is 13.0. The molecule has 2 aromatic rings. The number of carbonyl (C=O) groups is 2. The van der Waals surface area contributed by atoms with Gasteiger partial charge in [0.25, 0.3) is 0 Å². The van der Waals surface area contributed by atoms with E-state index in [4.69, 9.17) is 0 Å². The largest absolute Gasteiger partial charge is 0.355 e. The van der Waals surface area contributed by atoms with Gasteiger partial charge < -0.3 is 21.3 Å². The number of hydrogen-bond acceptors (Lipinski definition) is 8. The molecule has 1 saturated heterocycles. The van der Waals surface area contributed by atoms with Gasteiger partial charge in [-0.2, -0.15) is 0 Å². The molecule has 1 aliphatic heterocycles. The molecule has 0 spiro atoms. The molecule has 3 rings (SSSR count). The van der Waals surface area contributed by atoms with Gasteiger partial charge in [-0.3, -0.25) is 29.4 Å². The van der Waals surface area contributed by atoms with Gasteiger partial charge in [0.05, 0.1) is 13.1 Å². The fraction of sp³-hybridized carbons (Fsp3) is 0.571. The van der Waals surface area contributed by atoms with E-state index in [1.54, 1.807) is 12.4 Å². The van der Waals surface area contributed by atoms with Gasteiger partial charge in [0, 0.05) is 75.9 Å². The molecule has 0 atom stereocenters. The Morgan fingerprint density at radius 3 is 1.58 bits per heavy atom. The molecule has 0 unspecified atom stereocenters. The number of pyridine rings is 2. The molecular formula is C28H44N8O2. The van der Waals surface area contributed by atoms with Crippen molar-refractivity contribution in [2.24, 2.45) is 0 Å². The van der Waals surface area contributed by atoms with Crippen molar-refractivity contribution in [3.05, 3.63) is 60.2 Å². The van der Waals surface area contributed by atoms with Gasteiger partial charge in [-0.25, -0.2) is 0 Å². The fourth-order valence-electron chi connectivity index (χ4n) is 4.39. The van der Waals surface area contributed by atoms with E-state index in [-0.39, 0.29) is 11.8 Å². The summed E-state index contributed by atoms with van der Waals surface area (Å²) in [6, 6.07) is 11.7. The lowest BCUT2D eigenvalue weighted by Gasteiger charge is -2.25. The monoisotopic (exact) mass is 524 g/mol. The van der Waals surface area contributed by atoms with Crippen LogP contribution in [0.25, 0.3) is 0 Å². The highest BCUT2D eigenvalue weighted by atomic mass is 16.2. The molecule has 38 heavy (non-hydrogen) atoms. The van der Waals surface area contributed by atoms with Crippen molar-refractivity contribution in [1.82, 2.24) is 41.0 Å². The lowest BCUT2D eigenvalue weighted by molar-refractivity contribution is -0.123. The maximum atomic E-state index is 12.5. The Labute approximate surface area is 227 Å².